The van der Waals surface area contributed by atoms with Crippen LogP contribution in [-0.4, -0.2) is 26.0 Å². The van der Waals surface area contributed by atoms with Gasteiger partial charge in [-0.1, -0.05) is 6.08 Å². The minimum Gasteiger partial charge on any atom is -0.330 e. The molecule has 0 aliphatic carbocycles. The second kappa shape index (κ2) is 4.51. The first-order valence-corrected chi connectivity index (χ1v) is 5.28. The predicted molar refractivity (Wildman–Crippen MR) is 47.1 cm³/mol. The van der Waals surface area contributed by atoms with E-state index in [2.05, 4.69) is 6.58 Å². The molecule has 0 amide bonds. The summed E-state index contributed by atoms with van der Waals surface area (Å²) in [5.41, 5.74) is 5.23. The fourth-order valence-electron chi connectivity index (χ4n) is 0.743. The quantitative estimate of drug-likeness (QED) is 0.615. The van der Waals surface area contributed by atoms with Crippen LogP contribution in [0, 0.1) is 0 Å². The van der Waals surface area contributed by atoms with E-state index in [4.69, 9.17) is 5.73 Å². The molecular formula is C7H15NO2S. The average Bonchev–Trinajstić information content (AvgIpc) is 1.88. The number of rotatable bonds is 5. The van der Waals surface area contributed by atoms with Gasteiger partial charge < -0.3 is 5.73 Å². The molecule has 0 heterocycles. The Morgan fingerprint density at radius 2 is 2.18 bits per heavy atom. The van der Waals surface area contributed by atoms with Gasteiger partial charge in [0.25, 0.3) is 0 Å². The van der Waals surface area contributed by atoms with Crippen LogP contribution in [0.2, 0.25) is 0 Å². The van der Waals surface area contributed by atoms with Gasteiger partial charge in [0, 0.05) is 0 Å². The molecule has 0 aliphatic heterocycles. The summed E-state index contributed by atoms with van der Waals surface area (Å²) in [6, 6.07) is 0. The third kappa shape index (κ3) is 3.53. The molecule has 0 rings (SSSR count). The Balaban J connectivity index is 4.18. The molecule has 11 heavy (non-hydrogen) atoms. The normalized spacial score (nSPS) is 14.4. The summed E-state index contributed by atoms with van der Waals surface area (Å²) in [5.74, 6) is 0.0498. The lowest BCUT2D eigenvalue weighted by molar-refractivity contribution is 0.581. The van der Waals surface area contributed by atoms with Crippen molar-refractivity contribution in [2.45, 2.75) is 18.6 Å². The second-order valence-corrected chi connectivity index (χ2v) is 4.97. The van der Waals surface area contributed by atoms with Crippen molar-refractivity contribution >= 4 is 9.84 Å². The molecule has 0 spiro atoms. The summed E-state index contributed by atoms with van der Waals surface area (Å²) in [4.78, 5) is 0. The summed E-state index contributed by atoms with van der Waals surface area (Å²) in [6.07, 6.45) is 1.93. The van der Waals surface area contributed by atoms with E-state index < -0.39 is 9.84 Å². The molecular weight excluding hydrogens is 162 g/mol. The van der Waals surface area contributed by atoms with Gasteiger partial charge in [0.05, 0.1) is 11.0 Å². The van der Waals surface area contributed by atoms with Gasteiger partial charge in [0.1, 0.15) is 0 Å². The van der Waals surface area contributed by atoms with Gasteiger partial charge >= 0.3 is 0 Å². The molecule has 0 aliphatic rings. The molecule has 1 unspecified atom stereocenters. The van der Waals surface area contributed by atoms with Crippen LogP contribution in [0.3, 0.4) is 0 Å². The van der Waals surface area contributed by atoms with Crippen LogP contribution >= 0.6 is 0 Å². The van der Waals surface area contributed by atoms with Crippen molar-refractivity contribution in [2.75, 3.05) is 12.3 Å². The van der Waals surface area contributed by atoms with Crippen LogP contribution in [0.4, 0.5) is 0 Å². The Kier molecular flexibility index (Phi) is 4.37. The number of sulfone groups is 1. The van der Waals surface area contributed by atoms with E-state index in [1.165, 1.54) is 6.08 Å². The zero-order chi connectivity index (χ0) is 8.91. The Bertz CT molecular complexity index is 208. The highest BCUT2D eigenvalue weighted by molar-refractivity contribution is 7.92. The van der Waals surface area contributed by atoms with Crippen LogP contribution in [0.25, 0.3) is 0 Å². The number of hydrogen-bond donors (Lipinski definition) is 1. The van der Waals surface area contributed by atoms with E-state index in [9.17, 15) is 8.42 Å². The summed E-state index contributed by atoms with van der Waals surface area (Å²) < 4.78 is 22.4. The smallest absolute Gasteiger partial charge is 0.156 e. The molecule has 0 radical (unpaired) electrons. The first kappa shape index (κ1) is 10.7. The zero-order valence-corrected chi connectivity index (χ0v) is 7.60. The standard InChI is InChI=1S/C7H15NO2S/c1-3-6-11(9,10)7(2)4-5-8/h3,7H,1,4-6,8H2,2H3. The van der Waals surface area contributed by atoms with Gasteiger partial charge in [0.15, 0.2) is 9.84 Å². The third-order valence-corrected chi connectivity index (χ3v) is 3.70. The van der Waals surface area contributed by atoms with Crippen LogP contribution in [0.5, 0.6) is 0 Å². The summed E-state index contributed by atoms with van der Waals surface area (Å²) >= 11 is 0. The van der Waals surface area contributed by atoms with Crippen LogP contribution in [0.15, 0.2) is 12.7 Å². The molecule has 3 nitrogen and oxygen atoms in total. The Labute approximate surface area is 68.2 Å². The van der Waals surface area contributed by atoms with Gasteiger partial charge in [-0.15, -0.1) is 6.58 Å². The predicted octanol–water partition coefficient (Wildman–Crippen LogP) is 0.325. The van der Waals surface area contributed by atoms with E-state index >= 15 is 0 Å². The summed E-state index contributed by atoms with van der Waals surface area (Å²) in [7, 11) is -2.97. The zero-order valence-electron chi connectivity index (χ0n) is 6.79. The SMILES string of the molecule is C=CCS(=O)(=O)C(C)CCN. The molecule has 0 saturated heterocycles. The van der Waals surface area contributed by atoms with Crippen molar-refractivity contribution in [1.82, 2.24) is 0 Å². The molecule has 0 aromatic heterocycles. The fraction of sp³-hybridized carbons (Fsp3) is 0.714. The molecule has 66 valence electrons. The van der Waals surface area contributed by atoms with Crippen LogP contribution < -0.4 is 5.73 Å². The number of hydrogen-bond acceptors (Lipinski definition) is 3. The minimum absolute atomic E-state index is 0.0498. The lowest BCUT2D eigenvalue weighted by Gasteiger charge is -2.08. The van der Waals surface area contributed by atoms with Gasteiger partial charge in [0.2, 0.25) is 0 Å². The Hall–Kier alpha value is -0.350. The highest BCUT2D eigenvalue weighted by atomic mass is 32.2. The van der Waals surface area contributed by atoms with Crippen LogP contribution in [-0.2, 0) is 9.84 Å². The van der Waals surface area contributed by atoms with E-state index in [0.717, 1.165) is 0 Å². The maximum Gasteiger partial charge on any atom is 0.156 e. The maximum atomic E-state index is 11.2. The van der Waals surface area contributed by atoms with Crippen molar-refractivity contribution in [2.24, 2.45) is 5.73 Å². The topological polar surface area (TPSA) is 60.2 Å². The molecule has 4 heteroatoms. The van der Waals surface area contributed by atoms with Crippen molar-refractivity contribution in [3.05, 3.63) is 12.7 Å². The molecule has 0 saturated carbocycles. The highest BCUT2D eigenvalue weighted by Crippen LogP contribution is 2.05. The Morgan fingerprint density at radius 1 is 1.64 bits per heavy atom. The largest absolute Gasteiger partial charge is 0.330 e. The summed E-state index contributed by atoms with van der Waals surface area (Å²) in [5, 5.41) is -0.342. The minimum atomic E-state index is -2.97. The molecule has 0 bridgehead atoms. The highest BCUT2D eigenvalue weighted by Gasteiger charge is 2.17. The van der Waals surface area contributed by atoms with E-state index in [1.807, 2.05) is 0 Å². The fourth-order valence-corrected chi connectivity index (χ4v) is 1.90. The lowest BCUT2D eigenvalue weighted by Crippen LogP contribution is -2.23. The monoisotopic (exact) mass is 177 g/mol. The van der Waals surface area contributed by atoms with Crippen molar-refractivity contribution in [3.63, 3.8) is 0 Å². The van der Waals surface area contributed by atoms with E-state index in [-0.39, 0.29) is 11.0 Å². The first-order chi connectivity index (χ1) is 5.04. The van der Waals surface area contributed by atoms with Gasteiger partial charge in [-0.2, -0.15) is 0 Å². The average molecular weight is 177 g/mol. The molecule has 0 aromatic rings. The molecule has 1 atom stereocenters. The van der Waals surface area contributed by atoms with Crippen molar-refractivity contribution in [3.8, 4) is 0 Å². The summed E-state index contributed by atoms with van der Waals surface area (Å²) in [6.45, 7) is 5.46. The van der Waals surface area contributed by atoms with Crippen LogP contribution in [0.1, 0.15) is 13.3 Å². The van der Waals surface area contributed by atoms with Gasteiger partial charge in [-0.05, 0) is 19.9 Å². The van der Waals surface area contributed by atoms with Gasteiger partial charge in [-0.25, -0.2) is 8.42 Å². The van der Waals surface area contributed by atoms with E-state index in [0.29, 0.717) is 13.0 Å². The third-order valence-electron chi connectivity index (χ3n) is 1.54. The van der Waals surface area contributed by atoms with Crippen molar-refractivity contribution in [1.29, 1.82) is 0 Å². The number of nitrogens with two attached hydrogens (primary N) is 1. The maximum absolute atomic E-state index is 11.2. The second-order valence-electron chi connectivity index (χ2n) is 2.51. The van der Waals surface area contributed by atoms with Crippen molar-refractivity contribution < 1.29 is 8.42 Å². The first-order valence-electron chi connectivity index (χ1n) is 3.57. The van der Waals surface area contributed by atoms with Gasteiger partial charge in [-0.3, -0.25) is 0 Å². The molecule has 2 N–H and O–H groups in total. The molecule has 0 fully saturated rings. The lowest BCUT2D eigenvalue weighted by atomic mass is 10.3. The Morgan fingerprint density at radius 3 is 2.55 bits per heavy atom. The molecule has 0 aromatic carbocycles. The van der Waals surface area contributed by atoms with E-state index in [1.54, 1.807) is 6.92 Å².